The first-order valence-corrected chi connectivity index (χ1v) is 7.15. The van der Waals surface area contributed by atoms with E-state index >= 15 is 0 Å². The second kappa shape index (κ2) is 3.86. The molecule has 1 nitrogen and oxygen atoms in total. The summed E-state index contributed by atoms with van der Waals surface area (Å²) in [6.45, 7) is 4.35. The zero-order chi connectivity index (χ0) is 11.1. The van der Waals surface area contributed by atoms with E-state index in [4.69, 9.17) is 0 Å². The fourth-order valence-electron chi connectivity index (χ4n) is 2.57. The van der Waals surface area contributed by atoms with Gasteiger partial charge in [0.1, 0.15) is 0 Å². The molecule has 1 heterocycles. The van der Waals surface area contributed by atoms with Crippen LogP contribution in [0.3, 0.4) is 0 Å². The average molecular weight is 289 g/mol. The molecule has 0 radical (unpaired) electrons. The molecule has 0 saturated heterocycles. The summed E-state index contributed by atoms with van der Waals surface area (Å²) in [6, 6.07) is 0. The lowest BCUT2D eigenvalue weighted by Crippen LogP contribution is -2.44. The van der Waals surface area contributed by atoms with Gasteiger partial charge in [0.15, 0.2) is 0 Å². The molecule has 84 valence electrons. The minimum absolute atomic E-state index is 0.0190. The maximum Gasteiger partial charge on any atom is 0.0966 e. The molecule has 1 saturated carbocycles. The smallest absolute Gasteiger partial charge is 0.0966 e. The van der Waals surface area contributed by atoms with Crippen LogP contribution >= 0.6 is 27.3 Å². The number of aliphatic hydroxyl groups is 1. The Hall–Kier alpha value is 0.140. The van der Waals surface area contributed by atoms with Crippen LogP contribution in [0.5, 0.6) is 0 Å². The van der Waals surface area contributed by atoms with E-state index in [-0.39, 0.29) is 5.41 Å². The molecule has 0 bridgehead atoms. The van der Waals surface area contributed by atoms with Gasteiger partial charge in [-0.1, -0.05) is 26.7 Å². The first-order valence-electron chi connectivity index (χ1n) is 5.42. The fourth-order valence-corrected chi connectivity index (χ4v) is 4.26. The third-order valence-electron chi connectivity index (χ3n) is 3.77. The average Bonchev–Trinajstić information content (AvgIpc) is 2.57. The van der Waals surface area contributed by atoms with Crippen LogP contribution in [0.15, 0.2) is 15.2 Å². The lowest BCUT2D eigenvalue weighted by molar-refractivity contribution is -0.104. The maximum absolute atomic E-state index is 10.9. The quantitative estimate of drug-likeness (QED) is 0.817. The Kier molecular flexibility index (Phi) is 2.99. The predicted octanol–water partition coefficient (Wildman–Crippen LogP) is 4.30. The van der Waals surface area contributed by atoms with Crippen LogP contribution in [0.4, 0.5) is 0 Å². The van der Waals surface area contributed by atoms with E-state index in [1.807, 2.05) is 0 Å². The van der Waals surface area contributed by atoms with Crippen molar-refractivity contribution in [2.45, 2.75) is 45.1 Å². The number of thiophene rings is 1. The minimum atomic E-state index is -0.649. The highest BCUT2D eigenvalue weighted by molar-refractivity contribution is 9.10. The first-order chi connectivity index (χ1) is 6.97. The van der Waals surface area contributed by atoms with Gasteiger partial charge >= 0.3 is 0 Å². The Labute approximate surface area is 104 Å². The maximum atomic E-state index is 10.9. The molecule has 1 atom stereocenters. The van der Waals surface area contributed by atoms with Crippen molar-refractivity contribution in [3.8, 4) is 0 Å². The summed E-state index contributed by atoms with van der Waals surface area (Å²) in [4.78, 5) is 0. The highest BCUT2D eigenvalue weighted by Crippen LogP contribution is 2.52. The van der Waals surface area contributed by atoms with Crippen molar-refractivity contribution in [1.82, 2.24) is 0 Å². The topological polar surface area (TPSA) is 20.2 Å². The molecular weight excluding hydrogens is 272 g/mol. The molecule has 0 aromatic carbocycles. The van der Waals surface area contributed by atoms with Gasteiger partial charge in [-0.2, -0.15) is 11.3 Å². The van der Waals surface area contributed by atoms with E-state index in [1.165, 1.54) is 6.42 Å². The molecule has 15 heavy (non-hydrogen) atoms. The third-order valence-corrected chi connectivity index (χ3v) is 5.47. The summed E-state index contributed by atoms with van der Waals surface area (Å²) in [5, 5.41) is 15.1. The molecule has 1 aromatic heterocycles. The number of halogens is 1. The summed E-state index contributed by atoms with van der Waals surface area (Å²) < 4.78 is 1.06. The van der Waals surface area contributed by atoms with Crippen molar-refractivity contribution >= 4 is 27.3 Å². The molecular formula is C12H17BrOS. The molecule has 0 amide bonds. The van der Waals surface area contributed by atoms with Crippen molar-refractivity contribution in [2.24, 2.45) is 5.41 Å². The van der Waals surface area contributed by atoms with Crippen LogP contribution in [0.1, 0.15) is 45.1 Å². The molecule has 0 aliphatic heterocycles. The van der Waals surface area contributed by atoms with Crippen LogP contribution in [-0.2, 0) is 5.60 Å². The van der Waals surface area contributed by atoms with Gasteiger partial charge in [-0.3, -0.25) is 0 Å². The zero-order valence-electron chi connectivity index (χ0n) is 9.22. The molecule has 1 N–H and O–H groups in total. The lowest BCUT2D eigenvalue weighted by Gasteiger charge is -2.46. The van der Waals surface area contributed by atoms with Gasteiger partial charge in [-0.05, 0) is 39.6 Å². The van der Waals surface area contributed by atoms with E-state index in [0.29, 0.717) is 0 Å². The first kappa shape index (κ1) is 11.6. The molecule has 2 rings (SSSR count). The highest BCUT2D eigenvalue weighted by atomic mass is 79.9. The zero-order valence-corrected chi connectivity index (χ0v) is 11.6. The highest BCUT2D eigenvalue weighted by Gasteiger charge is 2.47. The van der Waals surface area contributed by atoms with Crippen LogP contribution in [0.2, 0.25) is 0 Å². The van der Waals surface area contributed by atoms with E-state index < -0.39 is 5.60 Å². The monoisotopic (exact) mass is 288 g/mol. The van der Waals surface area contributed by atoms with Gasteiger partial charge in [-0.25, -0.2) is 0 Å². The SMILES string of the molecule is CC1(C)CCCCC1(O)c1cscc1Br. The molecule has 1 aliphatic rings. The fraction of sp³-hybridized carbons (Fsp3) is 0.667. The Bertz CT molecular complexity index is 358. The molecule has 1 unspecified atom stereocenters. The Balaban J connectivity index is 2.44. The van der Waals surface area contributed by atoms with Crippen molar-refractivity contribution < 1.29 is 5.11 Å². The van der Waals surface area contributed by atoms with Crippen LogP contribution in [-0.4, -0.2) is 5.11 Å². The molecule has 1 aromatic rings. The van der Waals surface area contributed by atoms with E-state index in [2.05, 4.69) is 40.5 Å². The second-order valence-electron chi connectivity index (χ2n) is 5.08. The largest absolute Gasteiger partial charge is 0.385 e. The van der Waals surface area contributed by atoms with Crippen molar-refractivity contribution in [2.75, 3.05) is 0 Å². The summed E-state index contributed by atoms with van der Waals surface area (Å²) >= 11 is 5.19. The van der Waals surface area contributed by atoms with E-state index in [0.717, 1.165) is 29.3 Å². The Morgan fingerprint density at radius 1 is 1.27 bits per heavy atom. The van der Waals surface area contributed by atoms with Gasteiger partial charge in [0.25, 0.3) is 0 Å². The van der Waals surface area contributed by atoms with E-state index in [9.17, 15) is 5.11 Å². The predicted molar refractivity (Wildman–Crippen MR) is 68.2 cm³/mol. The van der Waals surface area contributed by atoms with Crippen LogP contribution in [0, 0.1) is 5.41 Å². The molecule has 1 fully saturated rings. The van der Waals surface area contributed by atoms with Gasteiger partial charge in [0, 0.05) is 15.4 Å². The number of hydrogen-bond acceptors (Lipinski definition) is 2. The lowest BCUT2D eigenvalue weighted by atomic mass is 9.63. The van der Waals surface area contributed by atoms with Crippen LogP contribution < -0.4 is 0 Å². The molecule has 0 spiro atoms. The van der Waals surface area contributed by atoms with Crippen molar-refractivity contribution in [1.29, 1.82) is 0 Å². The van der Waals surface area contributed by atoms with Gasteiger partial charge < -0.3 is 5.11 Å². The standard InChI is InChI=1S/C12H17BrOS/c1-11(2)5-3-4-6-12(11,14)9-7-15-8-10(9)13/h7-8,14H,3-6H2,1-2H3. The summed E-state index contributed by atoms with van der Waals surface area (Å²) in [7, 11) is 0. The normalized spacial score (nSPS) is 30.4. The van der Waals surface area contributed by atoms with E-state index in [1.54, 1.807) is 11.3 Å². The van der Waals surface area contributed by atoms with Crippen LogP contribution in [0.25, 0.3) is 0 Å². The summed E-state index contributed by atoms with van der Waals surface area (Å²) in [6.07, 6.45) is 4.35. The number of hydrogen-bond donors (Lipinski definition) is 1. The summed E-state index contributed by atoms with van der Waals surface area (Å²) in [5.74, 6) is 0. The van der Waals surface area contributed by atoms with Gasteiger partial charge in [0.05, 0.1) is 5.60 Å². The Morgan fingerprint density at radius 3 is 2.47 bits per heavy atom. The Morgan fingerprint density at radius 2 is 1.93 bits per heavy atom. The van der Waals surface area contributed by atoms with Gasteiger partial charge in [0.2, 0.25) is 0 Å². The van der Waals surface area contributed by atoms with Crippen molar-refractivity contribution in [3.05, 3.63) is 20.8 Å². The molecule has 1 aliphatic carbocycles. The second-order valence-corrected chi connectivity index (χ2v) is 6.68. The summed E-state index contributed by atoms with van der Waals surface area (Å²) in [5.41, 5.74) is 0.413. The minimum Gasteiger partial charge on any atom is -0.385 e. The third kappa shape index (κ3) is 1.79. The van der Waals surface area contributed by atoms with Crippen molar-refractivity contribution in [3.63, 3.8) is 0 Å². The van der Waals surface area contributed by atoms with Gasteiger partial charge in [-0.15, -0.1) is 0 Å². The molecule has 3 heteroatoms. The number of rotatable bonds is 1.